The minimum atomic E-state index is -0.651. The molecule has 0 radical (unpaired) electrons. The second-order valence-electron chi connectivity index (χ2n) is 7.56. The van der Waals surface area contributed by atoms with E-state index < -0.39 is 18.5 Å². The summed E-state index contributed by atoms with van der Waals surface area (Å²) in [4.78, 5) is 24.8. The summed E-state index contributed by atoms with van der Waals surface area (Å²) in [6.07, 6.45) is 2.37. The smallest absolute Gasteiger partial charge is 0.359 e. The molecule has 0 spiro atoms. The van der Waals surface area contributed by atoms with E-state index in [2.05, 4.69) is 10.4 Å². The predicted molar refractivity (Wildman–Crippen MR) is 110 cm³/mol. The molecule has 0 saturated carbocycles. The summed E-state index contributed by atoms with van der Waals surface area (Å²) in [5, 5.41) is 7.11. The van der Waals surface area contributed by atoms with Crippen molar-refractivity contribution >= 4 is 11.9 Å². The van der Waals surface area contributed by atoms with Crippen molar-refractivity contribution in [2.45, 2.75) is 25.8 Å². The van der Waals surface area contributed by atoms with Crippen LogP contribution in [-0.4, -0.2) is 35.1 Å². The molecule has 0 atom stereocenters. The van der Waals surface area contributed by atoms with Gasteiger partial charge in [-0.05, 0) is 61.2 Å². The quantitative estimate of drug-likeness (QED) is 0.597. The van der Waals surface area contributed by atoms with Crippen molar-refractivity contribution in [2.75, 3.05) is 13.4 Å². The van der Waals surface area contributed by atoms with Gasteiger partial charge in [0.1, 0.15) is 5.82 Å². The molecule has 3 aromatic rings. The van der Waals surface area contributed by atoms with Gasteiger partial charge >= 0.3 is 5.97 Å². The molecule has 0 bridgehead atoms. The van der Waals surface area contributed by atoms with Crippen LogP contribution in [0.5, 0.6) is 11.5 Å². The summed E-state index contributed by atoms with van der Waals surface area (Å²) < 4.78 is 30.7. The first kappa shape index (κ1) is 20.0. The molecule has 164 valence electrons. The molecule has 2 aliphatic rings. The van der Waals surface area contributed by atoms with Crippen LogP contribution in [0, 0.1) is 5.82 Å². The number of aromatic nitrogens is 2. The number of nitrogens with zero attached hydrogens (tertiary/aromatic N) is 2. The number of carbonyl (C=O) groups excluding carboxylic acids is 2. The average molecular weight is 437 g/mol. The number of carbonyl (C=O) groups is 2. The third-order valence-corrected chi connectivity index (χ3v) is 5.46. The largest absolute Gasteiger partial charge is 0.454 e. The summed E-state index contributed by atoms with van der Waals surface area (Å²) >= 11 is 0. The number of amides is 1. The standard InChI is InChI=1S/C23H20FN3O5/c24-15-5-7-16(8-6-15)27-18-3-1-2-17(18)22(26-27)23(29)30-12-21(28)25-11-14-4-9-19-20(10-14)32-13-31-19/h4-10H,1-3,11-13H2,(H,25,28). The van der Waals surface area contributed by atoms with Gasteiger partial charge in [-0.1, -0.05) is 6.07 Å². The van der Waals surface area contributed by atoms with Gasteiger partial charge in [-0.3, -0.25) is 4.79 Å². The van der Waals surface area contributed by atoms with Crippen molar-refractivity contribution in [1.29, 1.82) is 0 Å². The molecule has 0 fully saturated rings. The molecule has 1 N–H and O–H groups in total. The van der Waals surface area contributed by atoms with Gasteiger partial charge in [-0.2, -0.15) is 5.10 Å². The first-order chi connectivity index (χ1) is 15.6. The molecule has 0 unspecified atom stereocenters. The van der Waals surface area contributed by atoms with E-state index in [0.29, 0.717) is 23.6 Å². The summed E-state index contributed by atoms with van der Waals surface area (Å²) in [5.74, 6) is -0.118. The first-order valence-electron chi connectivity index (χ1n) is 10.3. The molecule has 9 heteroatoms. The second-order valence-corrected chi connectivity index (χ2v) is 7.56. The fourth-order valence-corrected chi connectivity index (χ4v) is 3.90. The van der Waals surface area contributed by atoms with Crippen molar-refractivity contribution < 1.29 is 28.2 Å². The highest BCUT2D eigenvalue weighted by atomic mass is 19.1. The lowest BCUT2D eigenvalue weighted by molar-refractivity contribution is -0.124. The van der Waals surface area contributed by atoms with Gasteiger partial charge in [0.05, 0.1) is 5.69 Å². The van der Waals surface area contributed by atoms with Gasteiger partial charge in [0.15, 0.2) is 23.8 Å². The summed E-state index contributed by atoms with van der Waals surface area (Å²) in [6, 6.07) is 11.3. The molecule has 32 heavy (non-hydrogen) atoms. The molecule has 8 nitrogen and oxygen atoms in total. The van der Waals surface area contributed by atoms with Crippen LogP contribution in [0.15, 0.2) is 42.5 Å². The topological polar surface area (TPSA) is 91.7 Å². The maximum Gasteiger partial charge on any atom is 0.359 e. The zero-order chi connectivity index (χ0) is 22.1. The molecule has 1 aliphatic heterocycles. The Hall–Kier alpha value is -3.88. The van der Waals surface area contributed by atoms with E-state index in [1.54, 1.807) is 28.9 Å². The first-order valence-corrected chi connectivity index (χ1v) is 10.3. The lowest BCUT2D eigenvalue weighted by atomic mass is 10.2. The van der Waals surface area contributed by atoms with E-state index in [0.717, 1.165) is 29.7 Å². The van der Waals surface area contributed by atoms with Crippen molar-refractivity contribution in [3.63, 3.8) is 0 Å². The molecule has 0 saturated heterocycles. The minimum Gasteiger partial charge on any atom is -0.454 e. The van der Waals surface area contributed by atoms with Gasteiger partial charge in [0.25, 0.3) is 5.91 Å². The van der Waals surface area contributed by atoms with Crippen LogP contribution in [0.25, 0.3) is 5.69 Å². The molecular weight excluding hydrogens is 417 g/mol. The summed E-state index contributed by atoms with van der Waals surface area (Å²) in [7, 11) is 0. The Bertz CT molecular complexity index is 1190. The van der Waals surface area contributed by atoms with Crippen LogP contribution < -0.4 is 14.8 Å². The Kier molecular flexibility index (Phi) is 5.22. The van der Waals surface area contributed by atoms with Crippen LogP contribution in [-0.2, 0) is 28.9 Å². The monoisotopic (exact) mass is 437 g/mol. The number of hydrogen-bond acceptors (Lipinski definition) is 6. The Morgan fingerprint density at radius 3 is 2.75 bits per heavy atom. The number of rotatable bonds is 6. The second kappa shape index (κ2) is 8.33. The molecule has 5 rings (SSSR count). The number of fused-ring (bicyclic) bond motifs is 2. The Balaban J connectivity index is 1.21. The van der Waals surface area contributed by atoms with E-state index in [-0.39, 0.29) is 24.8 Å². The normalized spacial score (nSPS) is 13.7. The number of esters is 1. The van der Waals surface area contributed by atoms with Gasteiger partial charge in [0.2, 0.25) is 6.79 Å². The van der Waals surface area contributed by atoms with Crippen LogP contribution in [0.1, 0.15) is 33.7 Å². The lowest BCUT2D eigenvalue weighted by Gasteiger charge is -2.07. The Morgan fingerprint density at radius 2 is 1.91 bits per heavy atom. The minimum absolute atomic E-state index is 0.182. The maximum absolute atomic E-state index is 13.3. The SMILES string of the molecule is O=C(COC(=O)c1nn(-c2ccc(F)cc2)c2c1CCC2)NCc1ccc2c(c1)OCO2. The van der Waals surface area contributed by atoms with Crippen molar-refractivity contribution in [2.24, 2.45) is 0 Å². The summed E-state index contributed by atoms with van der Waals surface area (Å²) in [5.41, 5.74) is 3.44. The van der Waals surface area contributed by atoms with E-state index >= 15 is 0 Å². The van der Waals surface area contributed by atoms with E-state index in [9.17, 15) is 14.0 Å². The zero-order valence-corrected chi connectivity index (χ0v) is 17.1. The lowest BCUT2D eigenvalue weighted by Crippen LogP contribution is -2.28. The fourth-order valence-electron chi connectivity index (χ4n) is 3.90. The van der Waals surface area contributed by atoms with Crippen LogP contribution in [0.4, 0.5) is 4.39 Å². The van der Waals surface area contributed by atoms with E-state index in [4.69, 9.17) is 14.2 Å². The molecule has 1 aliphatic carbocycles. The predicted octanol–water partition coefficient (Wildman–Crippen LogP) is 2.70. The van der Waals surface area contributed by atoms with E-state index in [1.165, 1.54) is 12.1 Å². The third kappa shape index (κ3) is 3.89. The van der Waals surface area contributed by atoms with Gasteiger partial charge in [0, 0.05) is 17.8 Å². The Morgan fingerprint density at radius 1 is 1.09 bits per heavy atom. The van der Waals surface area contributed by atoms with E-state index in [1.807, 2.05) is 6.07 Å². The zero-order valence-electron chi connectivity index (χ0n) is 17.1. The highest BCUT2D eigenvalue weighted by Crippen LogP contribution is 2.32. The van der Waals surface area contributed by atoms with Gasteiger partial charge in [-0.15, -0.1) is 0 Å². The Labute approximate surface area is 182 Å². The molecule has 2 heterocycles. The number of nitrogens with one attached hydrogen (secondary N) is 1. The van der Waals surface area contributed by atoms with Crippen LogP contribution >= 0.6 is 0 Å². The number of benzene rings is 2. The average Bonchev–Trinajstić information content (AvgIpc) is 3.53. The number of halogens is 1. The fraction of sp³-hybridized carbons (Fsp3) is 0.261. The van der Waals surface area contributed by atoms with Gasteiger partial charge in [-0.25, -0.2) is 13.9 Å². The highest BCUT2D eigenvalue weighted by Gasteiger charge is 2.28. The van der Waals surface area contributed by atoms with Crippen molar-refractivity contribution in [3.05, 3.63) is 70.8 Å². The summed E-state index contributed by atoms with van der Waals surface area (Å²) in [6.45, 7) is 0.0326. The molecule has 1 aromatic heterocycles. The maximum atomic E-state index is 13.3. The number of hydrogen-bond donors (Lipinski definition) is 1. The molecule has 2 aromatic carbocycles. The van der Waals surface area contributed by atoms with Gasteiger partial charge < -0.3 is 19.5 Å². The molecule has 1 amide bonds. The number of ether oxygens (including phenoxy) is 3. The highest BCUT2D eigenvalue weighted by molar-refractivity contribution is 5.91. The molecular formula is C23H20FN3O5. The van der Waals surface area contributed by atoms with Crippen molar-refractivity contribution in [1.82, 2.24) is 15.1 Å². The van der Waals surface area contributed by atoms with Crippen LogP contribution in [0.2, 0.25) is 0 Å². The van der Waals surface area contributed by atoms with Crippen molar-refractivity contribution in [3.8, 4) is 17.2 Å². The van der Waals surface area contributed by atoms with Crippen LogP contribution in [0.3, 0.4) is 0 Å². The third-order valence-electron chi connectivity index (χ3n) is 5.46.